The van der Waals surface area contributed by atoms with Crippen molar-refractivity contribution in [1.82, 2.24) is 0 Å². The van der Waals surface area contributed by atoms with Gasteiger partial charge < -0.3 is 4.74 Å². The number of hydrogen-bond acceptors (Lipinski definition) is 3. The van der Waals surface area contributed by atoms with Crippen LogP contribution in [0, 0.1) is 0 Å². The summed E-state index contributed by atoms with van der Waals surface area (Å²) in [4.78, 5) is 1.27. The molecular weight excluding hydrogens is 352 g/mol. The van der Waals surface area contributed by atoms with E-state index < -0.39 is 0 Å². The van der Waals surface area contributed by atoms with Crippen LogP contribution in [0.15, 0.2) is 40.2 Å². The summed E-state index contributed by atoms with van der Waals surface area (Å²) in [5.74, 6) is 1.94. The molecule has 1 aromatic heterocycles. The van der Waals surface area contributed by atoms with Gasteiger partial charge in [-0.2, -0.15) is 12.6 Å². The minimum Gasteiger partial charge on any atom is -0.494 e. The van der Waals surface area contributed by atoms with Gasteiger partial charge in [0.05, 0.1) is 6.61 Å². The van der Waals surface area contributed by atoms with Crippen LogP contribution in [0.1, 0.15) is 25.7 Å². The average molecular weight is 371 g/mol. The molecule has 4 heteroatoms. The van der Waals surface area contributed by atoms with Crippen molar-refractivity contribution < 1.29 is 4.74 Å². The topological polar surface area (TPSA) is 9.23 Å². The number of rotatable bonds is 8. The van der Waals surface area contributed by atoms with E-state index in [9.17, 15) is 0 Å². The van der Waals surface area contributed by atoms with Gasteiger partial charge in [0.1, 0.15) is 5.75 Å². The van der Waals surface area contributed by atoms with Crippen LogP contribution in [0.2, 0.25) is 0 Å². The Hall–Kier alpha value is -0.450. The van der Waals surface area contributed by atoms with E-state index in [2.05, 4.69) is 64.3 Å². The monoisotopic (exact) mass is 370 g/mol. The molecule has 0 unspecified atom stereocenters. The average Bonchev–Trinajstić information content (AvgIpc) is 2.90. The minimum absolute atomic E-state index is 0.802. The summed E-state index contributed by atoms with van der Waals surface area (Å²) in [5, 5.41) is 2.10. The lowest BCUT2D eigenvalue weighted by molar-refractivity contribution is 0.305. The summed E-state index contributed by atoms with van der Waals surface area (Å²) < 4.78 is 6.90. The van der Waals surface area contributed by atoms with Crippen molar-refractivity contribution in [3.63, 3.8) is 0 Å². The molecule has 1 aromatic carbocycles. The van der Waals surface area contributed by atoms with E-state index in [4.69, 9.17) is 4.74 Å². The third-order valence-corrected chi connectivity index (χ3v) is 5.08. The van der Waals surface area contributed by atoms with Gasteiger partial charge in [0.25, 0.3) is 0 Å². The number of thiol groups is 1. The Morgan fingerprint density at radius 3 is 2.45 bits per heavy atom. The van der Waals surface area contributed by atoms with Crippen LogP contribution in [0.3, 0.4) is 0 Å². The molecule has 0 saturated carbocycles. The highest BCUT2D eigenvalue weighted by molar-refractivity contribution is 9.10. The summed E-state index contributed by atoms with van der Waals surface area (Å²) in [6.45, 7) is 0.802. The maximum absolute atomic E-state index is 5.76. The molecule has 0 aliphatic rings. The predicted octanol–water partition coefficient (Wildman–Crippen LogP) is 6.05. The normalized spacial score (nSPS) is 10.7. The van der Waals surface area contributed by atoms with Crippen LogP contribution < -0.4 is 4.74 Å². The molecule has 0 radical (unpaired) electrons. The van der Waals surface area contributed by atoms with Gasteiger partial charge in [-0.15, -0.1) is 11.3 Å². The molecule has 0 amide bonds. The number of ether oxygens (including phenoxy) is 1. The van der Waals surface area contributed by atoms with Crippen molar-refractivity contribution in [2.75, 3.05) is 12.4 Å². The van der Waals surface area contributed by atoms with Crippen LogP contribution in [0.4, 0.5) is 0 Å². The molecule has 0 atom stereocenters. The van der Waals surface area contributed by atoms with Gasteiger partial charge in [-0.05, 0) is 70.4 Å². The van der Waals surface area contributed by atoms with Crippen LogP contribution in [-0.4, -0.2) is 12.4 Å². The van der Waals surface area contributed by atoms with E-state index in [-0.39, 0.29) is 0 Å². The van der Waals surface area contributed by atoms with E-state index in [1.165, 1.54) is 29.7 Å². The lowest BCUT2D eigenvalue weighted by Gasteiger charge is -2.06. The molecule has 0 aliphatic carbocycles. The SMILES string of the molecule is SCCCCCCOc1ccc(-c2cc(Br)cs2)cc1. The van der Waals surface area contributed by atoms with Gasteiger partial charge in [0, 0.05) is 14.7 Å². The summed E-state index contributed by atoms with van der Waals surface area (Å²) in [6.07, 6.45) is 4.79. The Morgan fingerprint density at radius 1 is 1.05 bits per heavy atom. The Kier molecular flexibility index (Phi) is 6.97. The van der Waals surface area contributed by atoms with E-state index in [1.54, 1.807) is 11.3 Å². The number of benzene rings is 1. The lowest BCUT2D eigenvalue weighted by Crippen LogP contribution is -1.97. The van der Waals surface area contributed by atoms with Crippen LogP contribution in [0.5, 0.6) is 5.75 Å². The van der Waals surface area contributed by atoms with E-state index >= 15 is 0 Å². The third kappa shape index (κ3) is 5.15. The van der Waals surface area contributed by atoms with Crippen molar-refractivity contribution in [2.45, 2.75) is 25.7 Å². The van der Waals surface area contributed by atoms with Crippen LogP contribution >= 0.6 is 39.9 Å². The second-order valence-electron chi connectivity index (χ2n) is 4.64. The first kappa shape index (κ1) is 15.9. The highest BCUT2D eigenvalue weighted by Crippen LogP contribution is 2.30. The second-order valence-corrected chi connectivity index (χ2v) is 6.91. The molecule has 0 aliphatic heterocycles. The van der Waals surface area contributed by atoms with Crippen molar-refractivity contribution >= 4 is 39.9 Å². The van der Waals surface area contributed by atoms with Gasteiger partial charge >= 0.3 is 0 Å². The maximum Gasteiger partial charge on any atom is 0.119 e. The summed E-state index contributed by atoms with van der Waals surface area (Å²) in [7, 11) is 0. The lowest BCUT2D eigenvalue weighted by atomic mass is 10.2. The summed E-state index contributed by atoms with van der Waals surface area (Å²) in [5.41, 5.74) is 1.24. The highest BCUT2D eigenvalue weighted by Gasteiger charge is 2.01. The largest absolute Gasteiger partial charge is 0.494 e. The molecule has 2 aromatic rings. The van der Waals surface area contributed by atoms with Gasteiger partial charge in [0.15, 0.2) is 0 Å². The van der Waals surface area contributed by atoms with Gasteiger partial charge in [0.2, 0.25) is 0 Å². The highest BCUT2D eigenvalue weighted by atomic mass is 79.9. The fourth-order valence-corrected chi connectivity index (χ4v) is 3.60. The molecule has 2 rings (SSSR count). The van der Waals surface area contributed by atoms with Crippen molar-refractivity contribution in [3.8, 4) is 16.2 Å². The standard InChI is InChI=1S/C16H19BrOS2/c17-14-11-16(20-12-14)13-5-7-15(8-6-13)18-9-3-1-2-4-10-19/h5-8,11-12,19H,1-4,9-10H2. The maximum atomic E-state index is 5.76. The first-order valence-electron chi connectivity index (χ1n) is 6.88. The summed E-state index contributed by atoms with van der Waals surface area (Å²) in [6, 6.07) is 10.5. The van der Waals surface area contributed by atoms with Crippen LogP contribution in [0.25, 0.3) is 10.4 Å². The Bertz CT molecular complexity index is 507. The van der Waals surface area contributed by atoms with Crippen molar-refractivity contribution in [3.05, 3.63) is 40.2 Å². The molecule has 0 bridgehead atoms. The first-order chi connectivity index (χ1) is 9.79. The number of halogens is 1. The van der Waals surface area contributed by atoms with Gasteiger partial charge in [-0.25, -0.2) is 0 Å². The predicted molar refractivity (Wildman–Crippen MR) is 95.3 cm³/mol. The third-order valence-electron chi connectivity index (χ3n) is 3.03. The molecule has 1 heterocycles. The molecular formula is C16H19BrOS2. The second kappa shape index (κ2) is 8.75. The Balaban J connectivity index is 1.77. The molecule has 0 spiro atoms. The Labute approximate surface area is 138 Å². The number of hydrogen-bond donors (Lipinski definition) is 1. The molecule has 20 heavy (non-hydrogen) atoms. The van der Waals surface area contributed by atoms with Crippen molar-refractivity contribution in [2.24, 2.45) is 0 Å². The number of unbranched alkanes of at least 4 members (excludes halogenated alkanes) is 3. The quantitative estimate of drug-likeness (QED) is 0.439. The molecule has 0 saturated heterocycles. The molecule has 0 N–H and O–H groups in total. The van der Waals surface area contributed by atoms with E-state index in [0.717, 1.165) is 29.0 Å². The van der Waals surface area contributed by atoms with E-state index in [0.29, 0.717) is 0 Å². The fourth-order valence-electron chi connectivity index (χ4n) is 1.94. The smallest absolute Gasteiger partial charge is 0.119 e. The van der Waals surface area contributed by atoms with Crippen LogP contribution in [-0.2, 0) is 0 Å². The molecule has 1 nitrogen and oxygen atoms in total. The van der Waals surface area contributed by atoms with E-state index in [1.807, 2.05) is 0 Å². The Morgan fingerprint density at radius 2 is 1.80 bits per heavy atom. The number of thiophene rings is 1. The van der Waals surface area contributed by atoms with Gasteiger partial charge in [-0.3, -0.25) is 0 Å². The zero-order valence-corrected chi connectivity index (χ0v) is 14.6. The zero-order valence-electron chi connectivity index (χ0n) is 11.3. The van der Waals surface area contributed by atoms with Gasteiger partial charge in [-0.1, -0.05) is 12.8 Å². The molecule has 108 valence electrons. The minimum atomic E-state index is 0.802. The molecule has 0 fully saturated rings. The zero-order chi connectivity index (χ0) is 14.2. The van der Waals surface area contributed by atoms with Crippen molar-refractivity contribution in [1.29, 1.82) is 0 Å². The fraction of sp³-hybridized carbons (Fsp3) is 0.375. The first-order valence-corrected chi connectivity index (χ1v) is 9.18. The summed E-state index contributed by atoms with van der Waals surface area (Å²) >= 11 is 9.44.